The first-order valence-electron chi connectivity index (χ1n) is 10.4. The second kappa shape index (κ2) is 7.92. The fourth-order valence-corrected chi connectivity index (χ4v) is 5.73. The molecule has 1 fully saturated rings. The molecular weight excluding hydrogens is 384 g/mol. The number of fused-ring (bicyclic) bond motifs is 1. The van der Waals surface area contributed by atoms with Crippen molar-refractivity contribution in [1.82, 2.24) is 4.31 Å². The first-order valence-corrected chi connectivity index (χ1v) is 11.8. The Balaban J connectivity index is 1.55. The standard InChI is InChI=1S/C23H28N2O3S/c1-17-11-14-24(15-12-17)29(27,28)20-9-7-19(8-10-20)23(26)25-16-13-18(2)21-5-3-4-6-22(21)25/h3-10,17-18H,11-16H2,1-2H3. The zero-order chi connectivity index (χ0) is 20.6. The molecule has 0 aliphatic carbocycles. The molecule has 0 aromatic heterocycles. The van der Waals surface area contributed by atoms with Crippen LogP contribution in [-0.4, -0.2) is 38.3 Å². The van der Waals surface area contributed by atoms with Gasteiger partial charge in [-0.3, -0.25) is 4.79 Å². The van der Waals surface area contributed by atoms with E-state index in [1.54, 1.807) is 28.6 Å². The molecule has 2 aromatic carbocycles. The summed E-state index contributed by atoms with van der Waals surface area (Å²) in [6.07, 6.45) is 2.70. The van der Waals surface area contributed by atoms with Crippen LogP contribution >= 0.6 is 0 Å². The van der Waals surface area contributed by atoms with Gasteiger partial charge in [0.1, 0.15) is 0 Å². The Morgan fingerprint density at radius 3 is 2.24 bits per heavy atom. The largest absolute Gasteiger partial charge is 0.308 e. The third-order valence-corrected chi connectivity index (χ3v) is 8.18. The van der Waals surface area contributed by atoms with E-state index >= 15 is 0 Å². The molecule has 1 atom stereocenters. The van der Waals surface area contributed by atoms with Crippen molar-refractivity contribution in [3.8, 4) is 0 Å². The van der Waals surface area contributed by atoms with Gasteiger partial charge in [-0.25, -0.2) is 8.42 Å². The lowest BCUT2D eigenvalue weighted by atomic mass is 9.91. The third kappa shape index (κ3) is 3.83. The van der Waals surface area contributed by atoms with Gasteiger partial charge >= 0.3 is 0 Å². The summed E-state index contributed by atoms with van der Waals surface area (Å²) in [4.78, 5) is 15.2. The number of hydrogen-bond acceptors (Lipinski definition) is 3. The van der Waals surface area contributed by atoms with Gasteiger partial charge in [-0.05, 0) is 67.0 Å². The summed E-state index contributed by atoms with van der Waals surface area (Å²) < 4.78 is 27.4. The zero-order valence-electron chi connectivity index (χ0n) is 17.0. The Labute approximate surface area is 173 Å². The van der Waals surface area contributed by atoms with E-state index in [9.17, 15) is 13.2 Å². The number of piperidine rings is 1. The second-order valence-corrected chi connectivity index (χ2v) is 10.3. The smallest absolute Gasteiger partial charge is 0.258 e. The molecule has 29 heavy (non-hydrogen) atoms. The first kappa shape index (κ1) is 20.1. The second-order valence-electron chi connectivity index (χ2n) is 8.32. The summed E-state index contributed by atoms with van der Waals surface area (Å²) in [7, 11) is -3.50. The lowest BCUT2D eigenvalue weighted by molar-refractivity contribution is 0.0984. The lowest BCUT2D eigenvalue weighted by Gasteiger charge is -2.33. The van der Waals surface area contributed by atoms with Crippen LogP contribution in [0.5, 0.6) is 0 Å². The van der Waals surface area contributed by atoms with Gasteiger partial charge in [0, 0.05) is 30.9 Å². The minimum absolute atomic E-state index is 0.0832. The lowest BCUT2D eigenvalue weighted by Crippen LogP contribution is -2.38. The molecule has 0 bridgehead atoms. The van der Waals surface area contributed by atoms with Crippen molar-refractivity contribution in [3.63, 3.8) is 0 Å². The number of hydrogen-bond donors (Lipinski definition) is 0. The Morgan fingerprint density at radius 2 is 1.55 bits per heavy atom. The number of carbonyl (C=O) groups excluding carboxylic acids is 1. The number of nitrogens with zero attached hydrogens (tertiary/aromatic N) is 2. The number of para-hydroxylation sites is 1. The van der Waals surface area contributed by atoms with Crippen molar-refractivity contribution in [3.05, 3.63) is 59.7 Å². The molecule has 2 aromatic rings. The average molecular weight is 413 g/mol. The SMILES string of the molecule is CC1CCN(S(=O)(=O)c2ccc(C(=O)N3CCC(C)c4ccccc43)cc2)CC1. The topological polar surface area (TPSA) is 57.7 Å². The Bertz CT molecular complexity index is 993. The van der Waals surface area contributed by atoms with E-state index in [-0.39, 0.29) is 10.8 Å². The van der Waals surface area contributed by atoms with Gasteiger partial charge in [0.25, 0.3) is 5.91 Å². The summed E-state index contributed by atoms with van der Waals surface area (Å²) in [6, 6.07) is 14.4. The highest BCUT2D eigenvalue weighted by Crippen LogP contribution is 2.35. The van der Waals surface area contributed by atoms with Crippen LogP contribution in [0.4, 0.5) is 5.69 Å². The molecule has 5 nitrogen and oxygen atoms in total. The van der Waals surface area contributed by atoms with Crippen molar-refractivity contribution in [2.24, 2.45) is 5.92 Å². The highest BCUT2D eigenvalue weighted by Gasteiger charge is 2.29. The van der Waals surface area contributed by atoms with Crippen LogP contribution in [0.15, 0.2) is 53.4 Å². The van der Waals surface area contributed by atoms with E-state index in [1.807, 2.05) is 23.1 Å². The van der Waals surface area contributed by atoms with Gasteiger partial charge in [0.2, 0.25) is 10.0 Å². The number of sulfonamides is 1. The van der Waals surface area contributed by atoms with Crippen molar-refractivity contribution >= 4 is 21.6 Å². The van der Waals surface area contributed by atoms with E-state index in [2.05, 4.69) is 19.9 Å². The van der Waals surface area contributed by atoms with Gasteiger partial charge in [-0.15, -0.1) is 0 Å². The fraction of sp³-hybridized carbons (Fsp3) is 0.435. The zero-order valence-corrected chi connectivity index (χ0v) is 17.9. The van der Waals surface area contributed by atoms with E-state index in [0.29, 0.717) is 37.0 Å². The van der Waals surface area contributed by atoms with Crippen LogP contribution in [0.3, 0.4) is 0 Å². The predicted molar refractivity (Wildman–Crippen MR) is 115 cm³/mol. The number of amides is 1. The normalized spacial score (nSPS) is 21.0. The maximum absolute atomic E-state index is 13.1. The average Bonchev–Trinajstić information content (AvgIpc) is 2.74. The summed E-state index contributed by atoms with van der Waals surface area (Å²) in [5, 5.41) is 0. The highest BCUT2D eigenvalue weighted by atomic mass is 32.2. The van der Waals surface area contributed by atoms with Crippen LogP contribution in [0.25, 0.3) is 0 Å². The minimum Gasteiger partial charge on any atom is -0.308 e. The van der Waals surface area contributed by atoms with Gasteiger partial charge in [0.05, 0.1) is 4.90 Å². The molecule has 4 rings (SSSR count). The van der Waals surface area contributed by atoms with E-state index in [1.165, 1.54) is 5.56 Å². The fourth-order valence-electron chi connectivity index (χ4n) is 4.26. The molecule has 1 unspecified atom stereocenters. The molecule has 2 heterocycles. The summed E-state index contributed by atoms with van der Waals surface area (Å²) >= 11 is 0. The summed E-state index contributed by atoms with van der Waals surface area (Å²) in [5.41, 5.74) is 2.65. The van der Waals surface area contributed by atoms with Gasteiger partial charge in [-0.1, -0.05) is 32.0 Å². The molecule has 0 N–H and O–H groups in total. The number of carbonyl (C=O) groups is 1. The maximum Gasteiger partial charge on any atom is 0.258 e. The third-order valence-electron chi connectivity index (χ3n) is 6.27. The highest BCUT2D eigenvalue weighted by molar-refractivity contribution is 7.89. The van der Waals surface area contributed by atoms with E-state index in [0.717, 1.165) is 24.9 Å². The van der Waals surface area contributed by atoms with Crippen LogP contribution in [0.2, 0.25) is 0 Å². The number of benzene rings is 2. The molecular formula is C23H28N2O3S. The van der Waals surface area contributed by atoms with Crippen molar-refractivity contribution in [2.45, 2.75) is 43.9 Å². The van der Waals surface area contributed by atoms with Crippen LogP contribution < -0.4 is 4.90 Å². The van der Waals surface area contributed by atoms with Crippen LogP contribution in [-0.2, 0) is 10.0 Å². The molecule has 2 aliphatic rings. The van der Waals surface area contributed by atoms with Gasteiger partial charge in [0.15, 0.2) is 0 Å². The molecule has 1 amide bonds. The number of anilines is 1. The Morgan fingerprint density at radius 1 is 0.897 bits per heavy atom. The van der Waals surface area contributed by atoms with Crippen molar-refractivity contribution in [1.29, 1.82) is 0 Å². The predicted octanol–water partition coefficient (Wildman–Crippen LogP) is 4.26. The molecule has 0 saturated carbocycles. The summed E-state index contributed by atoms with van der Waals surface area (Å²) in [6.45, 7) is 6.13. The van der Waals surface area contributed by atoms with Gasteiger partial charge in [-0.2, -0.15) is 4.31 Å². The van der Waals surface area contributed by atoms with Gasteiger partial charge < -0.3 is 4.90 Å². The minimum atomic E-state index is -3.50. The van der Waals surface area contributed by atoms with Crippen LogP contribution in [0, 0.1) is 5.92 Å². The van der Waals surface area contributed by atoms with Crippen molar-refractivity contribution < 1.29 is 13.2 Å². The van der Waals surface area contributed by atoms with E-state index in [4.69, 9.17) is 0 Å². The maximum atomic E-state index is 13.1. The molecule has 154 valence electrons. The van der Waals surface area contributed by atoms with Crippen molar-refractivity contribution in [2.75, 3.05) is 24.5 Å². The first-order chi connectivity index (χ1) is 13.9. The molecule has 0 radical (unpaired) electrons. The molecule has 2 aliphatic heterocycles. The Kier molecular flexibility index (Phi) is 5.49. The van der Waals surface area contributed by atoms with E-state index < -0.39 is 10.0 Å². The Hall–Kier alpha value is -2.18. The number of rotatable bonds is 3. The monoisotopic (exact) mass is 412 g/mol. The summed E-state index contributed by atoms with van der Waals surface area (Å²) in [5.74, 6) is 0.909. The molecule has 0 spiro atoms. The quantitative estimate of drug-likeness (QED) is 0.757. The molecule has 6 heteroatoms. The van der Waals surface area contributed by atoms with Crippen LogP contribution in [0.1, 0.15) is 54.9 Å². The molecule has 1 saturated heterocycles.